The van der Waals surface area contributed by atoms with Crippen molar-refractivity contribution in [3.05, 3.63) is 29.8 Å². The summed E-state index contributed by atoms with van der Waals surface area (Å²) in [5.74, 6) is -0.815. The van der Waals surface area contributed by atoms with E-state index in [1.54, 1.807) is 38.1 Å². The minimum absolute atomic E-state index is 0.133. The Balaban J connectivity index is 2.94. The van der Waals surface area contributed by atoms with E-state index >= 15 is 0 Å². The van der Waals surface area contributed by atoms with Crippen LogP contribution in [-0.4, -0.2) is 11.8 Å². The third kappa shape index (κ3) is 2.80. The normalized spacial score (nSPS) is 10.1. The number of carbonyl (C=O) groups excluding carboxylic acids is 2. The van der Waals surface area contributed by atoms with E-state index in [1.165, 1.54) is 0 Å². The number of carbonyl (C=O) groups is 2. The maximum absolute atomic E-state index is 11.4. The Morgan fingerprint density at radius 3 is 2.40 bits per heavy atom. The van der Waals surface area contributed by atoms with Gasteiger partial charge in [0.25, 0.3) is 5.91 Å². The molecule has 3 N–H and O–H groups in total. The fourth-order valence-electron chi connectivity index (χ4n) is 1.08. The second-order valence-corrected chi connectivity index (χ2v) is 3.55. The molecule has 4 nitrogen and oxygen atoms in total. The molecular formula is C11H14N2O2. The lowest BCUT2D eigenvalue weighted by Crippen LogP contribution is -2.21. The molecule has 1 rings (SSSR count). The highest BCUT2D eigenvalue weighted by molar-refractivity contribution is 6.03. The van der Waals surface area contributed by atoms with Gasteiger partial charge in [-0.1, -0.05) is 26.0 Å². The average Bonchev–Trinajstić information content (AvgIpc) is 2.18. The standard InChI is InChI=1S/C11H14N2O2/c1-7(2)11(15)13-9-6-4-3-5-8(9)10(12)14/h3-7H,1-2H3,(H2,12,14)(H,13,15). The Hall–Kier alpha value is -1.84. The molecule has 0 aliphatic heterocycles. The Kier molecular flexibility index (Phi) is 3.44. The van der Waals surface area contributed by atoms with Crippen LogP contribution in [0, 0.1) is 5.92 Å². The van der Waals surface area contributed by atoms with Crippen molar-refractivity contribution in [3.8, 4) is 0 Å². The van der Waals surface area contributed by atoms with Gasteiger partial charge in [0.1, 0.15) is 0 Å². The quantitative estimate of drug-likeness (QED) is 0.784. The number of para-hydroxylation sites is 1. The van der Waals surface area contributed by atoms with Crippen molar-refractivity contribution >= 4 is 17.5 Å². The summed E-state index contributed by atoms with van der Waals surface area (Å²) >= 11 is 0. The monoisotopic (exact) mass is 206 g/mol. The van der Waals surface area contributed by atoms with Crippen molar-refractivity contribution in [1.82, 2.24) is 0 Å². The molecule has 1 aromatic carbocycles. The molecule has 0 saturated carbocycles. The van der Waals surface area contributed by atoms with Gasteiger partial charge in [0.05, 0.1) is 11.3 Å². The van der Waals surface area contributed by atoms with Crippen LogP contribution in [0.4, 0.5) is 5.69 Å². The molecule has 0 aliphatic rings. The van der Waals surface area contributed by atoms with E-state index in [9.17, 15) is 9.59 Å². The van der Waals surface area contributed by atoms with Crippen LogP contribution in [0.2, 0.25) is 0 Å². The van der Waals surface area contributed by atoms with Gasteiger partial charge in [0.15, 0.2) is 0 Å². The molecule has 0 saturated heterocycles. The first-order valence-corrected chi connectivity index (χ1v) is 4.72. The number of anilines is 1. The summed E-state index contributed by atoms with van der Waals surface area (Å²) in [6, 6.07) is 6.67. The molecule has 0 unspecified atom stereocenters. The number of nitrogens with one attached hydrogen (secondary N) is 1. The SMILES string of the molecule is CC(C)C(=O)Nc1ccccc1C(N)=O. The number of benzene rings is 1. The van der Waals surface area contributed by atoms with Crippen molar-refractivity contribution in [1.29, 1.82) is 0 Å². The van der Waals surface area contributed by atoms with Gasteiger partial charge in [0, 0.05) is 5.92 Å². The van der Waals surface area contributed by atoms with Gasteiger partial charge >= 0.3 is 0 Å². The van der Waals surface area contributed by atoms with Crippen molar-refractivity contribution < 1.29 is 9.59 Å². The maximum atomic E-state index is 11.4. The second kappa shape index (κ2) is 4.59. The highest BCUT2D eigenvalue weighted by atomic mass is 16.2. The summed E-state index contributed by atoms with van der Waals surface area (Å²) in [6.07, 6.45) is 0. The van der Waals surface area contributed by atoms with Crippen molar-refractivity contribution in [2.75, 3.05) is 5.32 Å². The fourth-order valence-corrected chi connectivity index (χ4v) is 1.08. The Bertz CT molecular complexity index is 386. The summed E-state index contributed by atoms with van der Waals surface area (Å²) < 4.78 is 0. The van der Waals surface area contributed by atoms with E-state index in [4.69, 9.17) is 5.73 Å². The molecule has 15 heavy (non-hydrogen) atoms. The molecule has 0 spiro atoms. The third-order valence-electron chi connectivity index (χ3n) is 1.97. The van der Waals surface area contributed by atoms with Crippen molar-refractivity contribution in [2.24, 2.45) is 11.7 Å². The average molecular weight is 206 g/mol. The molecule has 0 fully saturated rings. The number of hydrogen-bond acceptors (Lipinski definition) is 2. The number of amides is 2. The minimum atomic E-state index is -0.547. The van der Waals surface area contributed by atoms with Gasteiger partial charge in [-0.05, 0) is 12.1 Å². The van der Waals surface area contributed by atoms with Crippen LogP contribution in [0.3, 0.4) is 0 Å². The fraction of sp³-hybridized carbons (Fsp3) is 0.273. The molecule has 80 valence electrons. The molecule has 0 aromatic heterocycles. The lowest BCUT2D eigenvalue weighted by Gasteiger charge is -2.10. The lowest BCUT2D eigenvalue weighted by molar-refractivity contribution is -0.118. The van der Waals surface area contributed by atoms with Crippen LogP contribution in [0.25, 0.3) is 0 Å². The van der Waals surface area contributed by atoms with Crippen molar-refractivity contribution in [3.63, 3.8) is 0 Å². The lowest BCUT2D eigenvalue weighted by atomic mass is 10.1. The molecule has 2 amide bonds. The maximum Gasteiger partial charge on any atom is 0.250 e. The number of rotatable bonds is 3. The predicted octanol–water partition coefficient (Wildman–Crippen LogP) is 1.38. The Morgan fingerprint density at radius 2 is 1.87 bits per heavy atom. The third-order valence-corrected chi connectivity index (χ3v) is 1.97. The van der Waals surface area contributed by atoms with E-state index in [-0.39, 0.29) is 11.8 Å². The van der Waals surface area contributed by atoms with Crippen LogP contribution >= 0.6 is 0 Å². The number of primary amides is 1. The molecule has 0 radical (unpaired) electrons. The van der Waals surface area contributed by atoms with Gasteiger partial charge in [-0.3, -0.25) is 9.59 Å². The molecular weight excluding hydrogens is 192 g/mol. The number of hydrogen-bond donors (Lipinski definition) is 2. The minimum Gasteiger partial charge on any atom is -0.366 e. The smallest absolute Gasteiger partial charge is 0.250 e. The number of nitrogens with two attached hydrogens (primary N) is 1. The second-order valence-electron chi connectivity index (χ2n) is 3.55. The highest BCUT2D eigenvalue weighted by Gasteiger charge is 2.11. The Morgan fingerprint density at radius 1 is 1.27 bits per heavy atom. The van der Waals surface area contributed by atoms with E-state index < -0.39 is 5.91 Å². The van der Waals surface area contributed by atoms with Crippen LogP contribution < -0.4 is 11.1 Å². The Labute approximate surface area is 88.5 Å². The van der Waals surface area contributed by atoms with Crippen LogP contribution in [0.1, 0.15) is 24.2 Å². The first kappa shape index (κ1) is 11.2. The molecule has 4 heteroatoms. The molecule has 0 heterocycles. The largest absolute Gasteiger partial charge is 0.366 e. The van der Waals surface area contributed by atoms with E-state index in [1.807, 2.05) is 0 Å². The van der Waals surface area contributed by atoms with E-state index in [0.29, 0.717) is 11.3 Å². The summed E-state index contributed by atoms with van der Waals surface area (Å²) in [5, 5.41) is 2.65. The summed E-state index contributed by atoms with van der Waals surface area (Å²) in [4.78, 5) is 22.5. The molecule has 0 bridgehead atoms. The van der Waals surface area contributed by atoms with Gasteiger partial charge in [-0.25, -0.2) is 0 Å². The molecule has 1 aromatic rings. The van der Waals surface area contributed by atoms with E-state index in [2.05, 4.69) is 5.32 Å². The van der Waals surface area contributed by atoms with Crippen LogP contribution in [0.5, 0.6) is 0 Å². The van der Waals surface area contributed by atoms with Gasteiger partial charge in [-0.15, -0.1) is 0 Å². The first-order valence-electron chi connectivity index (χ1n) is 4.72. The van der Waals surface area contributed by atoms with Crippen LogP contribution in [0.15, 0.2) is 24.3 Å². The van der Waals surface area contributed by atoms with Crippen molar-refractivity contribution in [2.45, 2.75) is 13.8 Å². The summed E-state index contributed by atoms with van der Waals surface area (Å²) in [5.41, 5.74) is 5.96. The zero-order valence-corrected chi connectivity index (χ0v) is 8.78. The zero-order valence-electron chi connectivity index (χ0n) is 8.78. The summed E-state index contributed by atoms with van der Waals surface area (Å²) in [6.45, 7) is 3.56. The zero-order chi connectivity index (χ0) is 11.4. The van der Waals surface area contributed by atoms with Gasteiger partial charge in [-0.2, -0.15) is 0 Å². The van der Waals surface area contributed by atoms with Crippen LogP contribution in [-0.2, 0) is 4.79 Å². The van der Waals surface area contributed by atoms with Gasteiger partial charge in [0.2, 0.25) is 5.91 Å². The van der Waals surface area contributed by atoms with Gasteiger partial charge < -0.3 is 11.1 Å². The molecule has 0 atom stereocenters. The highest BCUT2D eigenvalue weighted by Crippen LogP contribution is 2.15. The topological polar surface area (TPSA) is 72.2 Å². The van der Waals surface area contributed by atoms with E-state index in [0.717, 1.165) is 0 Å². The summed E-state index contributed by atoms with van der Waals surface area (Å²) in [7, 11) is 0. The first-order chi connectivity index (χ1) is 7.02. The predicted molar refractivity (Wildman–Crippen MR) is 58.4 cm³/mol. The molecule has 0 aliphatic carbocycles.